The summed E-state index contributed by atoms with van der Waals surface area (Å²) in [5.74, 6) is -1.24. The third-order valence-electron chi connectivity index (χ3n) is 4.83. The quantitative estimate of drug-likeness (QED) is 0.689. The van der Waals surface area contributed by atoms with Gasteiger partial charge in [-0.1, -0.05) is 31.9 Å². The number of benzene rings is 1. The van der Waals surface area contributed by atoms with Crippen molar-refractivity contribution < 1.29 is 22.7 Å². The SMILES string of the molecule is CC[C@H](C)[C@H](NC(=O)c1ccc(Cl)c(S(=O)(=O)N2CCCC2)c1)C(=O)OC. The van der Waals surface area contributed by atoms with Crippen LogP contribution in [0.4, 0.5) is 0 Å². The number of ether oxygens (including phenoxy) is 1. The van der Waals surface area contributed by atoms with Crippen LogP contribution in [-0.4, -0.2) is 50.8 Å². The zero-order valence-corrected chi connectivity index (χ0v) is 17.3. The zero-order chi connectivity index (χ0) is 20.2. The topological polar surface area (TPSA) is 92.8 Å². The molecular weight excluding hydrogens is 392 g/mol. The van der Waals surface area contributed by atoms with Gasteiger partial charge < -0.3 is 10.1 Å². The molecule has 0 bridgehead atoms. The Kier molecular flexibility index (Phi) is 7.25. The van der Waals surface area contributed by atoms with Crippen LogP contribution in [0.3, 0.4) is 0 Å². The van der Waals surface area contributed by atoms with E-state index in [4.69, 9.17) is 16.3 Å². The Bertz CT molecular complexity index is 806. The molecule has 1 aliphatic rings. The van der Waals surface area contributed by atoms with Crippen molar-refractivity contribution in [2.24, 2.45) is 5.92 Å². The lowest BCUT2D eigenvalue weighted by atomic mass is 9.99. The molecule has 7 nitrogen and oxygen atoms in total. The van der Waals surface area contributed by atoms with Gasteiger partial charge in [-0.3, -0.25) is 4.79 Å². The molecule has 1 N–H and O–H groups in total. The second-order valence-corrected chi connectivity index (χ2v) is 8.93. The summed E-state index contributed by atoms with van der Waals surface area (Å²) in [5, 5.41) is 2.70. The van der Waals surface area contributed by atoms with Crippen molar-refractivity contribution in [2.75, 3.05) is 20.2 Å². The highest BCUT2D eigenvalue weighted by molar-refractivity contribution is 7.89. The maximum Gasteiger partial charge on any atom is 0.328 e. The third kappa shape index (κ3) is 4.80. The number of carbonyl (C=O) groups excluding carboxylic acids is 2. The molecule has 1 aromatic carbocycles. The molecule has 150 valence electrons. The largest absolute Gasteiger partial charge is 0.467 e. The molecule has 0 radical (unpaired) electrons. The van der Waals surface area contributed by atoms with Gasteiger partial charge in [0.15, 0.2) is 0 Å². The number of hydrogen-bond donors (Lipinski definition) is 1. The predicted molar refractivity (Wildman–Crippen MR) is 102 cm³/mol. The normalized spacial score (nSPS) is 17.3. The van der Waals surface area contributed by atoms with E-state index < -0.39 is 27.9 Å². The summed E-state index contributed by atoms with van der Waals surface area (Å²) in [4.78, 5) is 24.5. The highest BCUT2D eigenvalue weighted by Gasteiger charge is 2.31. The molecule has 1 aromatic rings. The van der Waals surface area contributed by atoms with Gasteiger partial charge in [-0.15, -0.1) is 0 Å². The number of carbonyl (C=O) groups is 2. The smallest absolute Gasteiger partial charge is 0.328 e. The summed E-state index contributed by atoms with van der Waals surface area (Å²) in [6.07, 6.45) is 2.26. The Hall–Kier alpha value is -1.64. The van der Waals surface area contributed by atoms with Crippen LogP contribution in [0.2, 0.25) is 5.02 Å². The first-order valence-corrected chi connectivity index (χ1v) is 10.7. The Morgan fingerprint density at radius 1 is 1.30 bits per heavy atom. The maximum absolute atomic E-state index is 12.8. The third-order valence-corrected chi connectivity index (χ3v) is 7.21. The molecule has 1 saturated heterocycles. The minimum atomic E-state index is -3.77. The van der Waals surface area contributed by atoms with Crippen molar-refractivity contribution >= 4 is 33.5 Å². The van der Waals surface area contributed by atoms with Crippen LogP contribution in [-0.2, 0) is 19.6 Å². The fourth-order valence-electron chi connectivity index (χ4n) is 2.93. The fourth-order valence-corrected chi connectivity index (χ4v) is 4.95. The van der Waals surface area contributed by atoms with Crippen molar-refractivity contribution in [1.29, 1.82) is 0 Å². The molecular formula is C18H25ClN2O5S. The van der Waals surface area contributed by atoms with Crippen LogP contribution in [0, 0.1) is 5.92 Å². The van der Waals surface area contributed by atoms with Crippen molar-refractivity contribution in [3.63, 3.8) is 0 Å². The van der Waals surface area contributed by atoms with Crippen molar-refractivity contribution in [3.8, 4) is 0 Å². The first-order valence-electron chi connectivity index (χ1n) is 8.90. The summed E-state index contributed by atoms with van der Waals surface area (Å²) in [7, 11) is -2.51. The van der Waals surface area contributed by atoms with Crippen LogP contribution < -0.4 is 5.32 Å². The number of nitrogens with one attached hydrogen (secondary N) is 1. The van der Waals surface area contributed by atoms with Gasteiger partial charge in [0.2, 0.25) is 10.0 Å². The van der Waals surface area contributed by atoms with Crippen molar-refractivity contribution in [2.45, 2.75) is 44.0 Å². The Morgan fingerprint density at radius 3 is 2.48 bits per heavy atom. The summed E-state index contributed by atoms with van der Waals surface area (Å²) in [5.41, 5.74) is 0.120. The van der Waals surface area contributed by atoms with E-state index in [1.54, 1.807) is 0 Å². The van der Waals surface area contributed by atoms with Gasteiger partial charge >= 0.3 is 5.97 Å². The molecule has 0 saturated carbocycles. The minimum Gasteiger partial charge on any atom is -0.467 e. The molecule has 1 heterocycles. The van der Waals surface area contributed by atoms with E-state index in [1.807, 2.05) is 13.8 Å². The fraction of sp³-hybridized carbons (Fsp3) is 0.556. The van der Waals surface area contributed by atoms with Gasteiger partial charge in [0.05, 0.1) is 12.1 Å². The lowest BCUT2D eigenvalue weighted by Gasteiger charge is -2.22. The maximum atomic E-state index is 12.8. The van der Waals surface area contributed by atoms with Crippen molar-refractivity contribution in [1.82, 2.24) is 9.62 Å². The van der Waals surface area contributed by atoms with E-state index in [-0.39, 0.29) is 21.4 Å². The second kappa shape index (κ2) is 9.03. The van der Waals surface area contributed by atoms with Gasteiger partial charge in [0, 0.05) is 18.7 Å². The number of nitrogens with zero attached hydrogens (tertiary/aromatic N) is 1. The molecule has 0 aliphatic carbocycles. The molecule has 1 fully saturated rings. The van der Waals surface area contributed by atoms with Gasteiger partial charge in [-0.2, -0.15) is 4.31 Å². The lowest BCUT2D eigenvalue weighted by Crippen LogP contribution is -2.45. The van der Waals surface area contributed by atoms with Crippen LogP contribution in [0.5, 0.6) is 0 Å². The van der Waals surface area contributed by atoms with Crippen molar-refractivity contribution in [3.05, 3.63) is 28.8 Å². The number of hydrogen-bond acceptors (Lipinski definition) is 5. The minimum absolute atomic E-state index is 0.0601. The number of esters is 1. The van der Waals surface area contributed by atoms with Gasteiger partial charge in [0.1, 0.15) is 10.9 Å². The molecule has 0 aromatic heterocycles. The summed E-state index contributed by atoms with van der Waals surface area (Å²) < 4.78 is 31.7. The second-order valence-electron chi connectivity index (χ2n) is 6.62. The monoisotopic (exact) mass is 416 g/mol. The lowest BCUT2D eigenvalue weighted by molar-refractivity contribution is -0.144. The van der Waals surface area contributed by atoms with Crippen LogP contribution in [0.15, 0.2) is 23.1 Å². The van der Waals surface area contributed by atoms with E-state index in [2.05, 4.69) is 5.32 Å². The summed E-state index contributed by atoms with van der Waals surface area (Å²) in [6.45, 7) is 4.60. The molecule has 1 amide bonds. The van der Waals surface area contributed by atoms with E-state index in [0.717, 1.165) is 12.8 Å². The average Bonchev–Trinajstić information content (AvgIpc) is 3.20. The number of halogens is 1. The Labute approximate surface area is 165 Å². The van der Waals surface area contributed by atoms with E-state index in [0.29, 0.717) is 19.5 Å². The highest BCUT2D eigenvalue weighted by Crippen LogP contribution is 2.28. The number of amides is 1. The molecule has 1 aliphatic heterocycles. The molecule has 2 rings (SSSR count). The predicted octanol–water partition coefficient (Wildman–Crippen LogP) is 2.44. The van der Waals surface area contributed by atoms with E-state index in [9.17, 15) is 18.0 Å². The first-order chi connectivity index (χ1) is 12.7. The summed E-state index contributed by atoms with van der Waals surface area (Å²) >= 11 is 6.10. The van der Waals surface area contributed by atoms with Gasteiger partial charge in [-0.05, 0) is 37.0 Å². The summed E-state index contributed by atoms with van der Waals surface area (Å²) in [6, 6.07) is 3.26. The van der Waals surface area contributed by atoms with Crippen LogP contribution in [0.25, 0.3) is 0 Å². The molecule has 0 unspecified atom stereocenters. The average molecular weight is 417 g/mol. The van der Waals surface area contributed by atoms with Crippen LogP contribution in [0.1, 0.15) is 43.5 Å². The molecule has 9 heteroatoms. The Morgan fingerprint density at radius 2 is 1.93 bits per heavy atom. The van der Waals surface area contributed by atoms with Gasteiger partial charge in [0.25, 0.3) is 5.91 Å². The Balaban J connectivity index is 2.31. The number of methoxy groups -OCH3 is 1. The highest BCUT2D eigenvalue weighted by atomic mass is 35.5. The first kappa shape index (κ1) is 21.7. The van der Waals surface area contributed by atoms with Crippen LogP contribution >= 0.6 is 11.6 Å². The van der Waals surface area contributed by atoms with E-state index in [1.165, 1.54) is 29.6 Å². The molecule has 27 heavy (non-hydrogen) atoms. The number of rotatable bonds is 7. The van der Waals surface area contributed by atoms with Gasteiger partial charge in [-0.25, -0.2) is 13.2 Å². The van der Waals surface area contributed by atoms with E-state index >= 15 is 0 Å². The molecule has 2 atom stereocenters. The zero-order valence-electron chi connectivity index (χ0n) is 15.7. The number of sulfonamides is 1. The molecule has 0 spiro atoms. The standard InChI is InChI=1S/C18H25ClN2O5S/c1-4-12(2)16(18(23)26-3)20-17(22)13-7-8-14(19)15(11-13)27(24,25)21-9-5-6-10-21/h7-8,11-12,16H,4-6,9-10H2,1-3H3,(H,20,22)/t12-,16-/m0/s1.